The number of hydrogen-bond donors (Lipinski definition) is 0. The average molecular weight is 444 g/mol. The average Bonchev–Trinajstić information content (AvgIpc) is 3.13. The van der Waals surface area contributed by atoms with E-state index in [2.05, 4.69) is 10.2 Å². The van der Waals surface area contributed by atoms with Crippen LogP contribution in [-0.2, 0) is 5.75 Å². The van der Waals surface area contributed by atoms with E-state index in [0.717, 1.165) is 16.8 Å². The van der Waals surface area contributed by atoms with Gasteiger partial charge in [0.2, 0.25) is 0 Å². The maximum atomic E-state index is 14.5. The van der Waals surface area contributed by atoms with Crippen molar-refractivity contribution in [3.8, 4) is 17.1 Å². The van der Waals surface area contributed by atoms with Crippen molar-refractivity contribution in [1.82, 2.24) is 14.8 Å². The van der Waals surface area contributed by atoms with Gasteiger partial charge in [0.1, 0.15) is 5.82 Å². The molecule has 7 heteroatoms. The Bertz CT molecular complexity index is 1180. The summed E-state index contributed by atoms with van der Waals surface area (Å²) < 4.78 is 16.4. The Kier molecular flexibility index (Phi) is 5.90. The van der Waals surface area contributed by atoms with Crippen LogP contribution in [0.25, 0.3) is 17.1 Å². The topological polar surface area (TPSA) is 30.7 Å². The van der Waals surface area contributed by atoms with Crippen LogP contribution in [0.4, 0.5) is 4.39 Å². The smallest absolute Gasteiger partial charge is 0.196 e. The molecule has 0 unspecified atom stereocenters. The van der Waals surface area contributed by atoms with Crippen LogP contribution in [0.2, 0.25) is 10.0 Å². The number of benzene rings is 3. The predicted molar refractivity (Wildman–Crippen MR) is 118 cm³/mol. The first-order valence-electron chi connectivity index (χ1n) is 8.87. The predicted octanol–water partition coefficient (Wildman–Crippen LogP) is 6.98. The molecular formula is C22H16Cl2FN3S. The second-order valence-corrected chi connectivity index (χ2v) is 8.20. The molecule has 0 atom stereocenters. The van der Waals surface area contributed by atoms with Gasteiger partial charge in [0, 0.05) is 5.75 Å². The molecule has 4 aromatic rings. The highest BCUT2D eigenvalue weighted by atomic mass is 35.5. The summed E-state index contributed by atoms with van der Waals surface area (Å²) in [6, 6.07) is 20.0. The second kappa shape index (κ2) is 8.57. The Morgan fingerprint density at radius 1 is 0.931 bits per heavy atom. The van der Waals surface area contributed by atoms with Crippen LogP contribution in [0.5, 0.6) is 0 Å². The summed E-state index contributed by atoms with van der Waals surface area (Å²) in [5.41, 5.74) is 3.37. The van der Waals surface area contributed by atoms with Crippen molar-refractivity contribution in [2.24, 2.45) is 0 Å². The monoisotopic (exact) mass is 443 g/mol. The van der Waals surface area contributed by atoms with Crippen LogP contribution in [0, 0.1) is 12.7 Å². The molecule has 4 rings (SSSR count). The lowest BCUT2D eigenvalue weighted by atomic mass is 10.1. The fraction of sp³-hybridized carbons (Fsp3) is 0.0909. The van der Waals surface area contributed by atoms with Crippen molar-refractivity contribution >= 4 is 35.0 Å². The van der Waals surface area contributed by atoms with E-state index in [4.69, 9.17) is 23.2 Å². The highest BCUT2D eigenvalue weighted by molar-refractivity contribution is 7.98. The van der Waals surface area contributed by atoms with Crippen molar-refractivity contribution in [3.63, 3.8) is 0 Å². The van der Waals surface area contributed by atoms with E-state index in [1.54, 1.807) is 24.3 Å². The molecule has 0 aliphatic carbocycles. The van der Waals surface area contributed by atoms with Gasteiger partial charge < -0.3 is 0 Å². The van der Waals surface area contributed by atoms with Gasteiger partial charge in [0.05, 0.1) is 21.3 Å². The van der Waals surface area contributed by atoms with Gasteiger partial charge in [-0.2, -0.15) is 0 Å². The van der Waals surface area contributed by atoms with E-state index < -0.39 is 0 Å². The van der Waals surface area contributed by atoms with E-state index >= 15 is 0 Å². The minimum atomic E-state index is -0.337. The van der Waals surface area contributed by atoms with Crippen molar-refractivity contribution in [3.05, 3.63) is 93.7 Å². The van der Waals surface area contributed by atoms with Crippen LogP contribution in [-0.4, -0.2) is 14.8 Å². The quantitative estimate of drug-likeness (QED) is 0.311. The molecule has 0 radical (unpaired) electrons. The summed E-state index contributed by atoms with van der Waals surface area (Å²) in [7, 11) is 0. The highest BCUT2D eigenvalue weighted by Crippen LogP contribution is 2.33. The molecular weight excluding hydrogens is 428 g/mol. The van der Waals surface area contributed by atoms with Gasteiger partial charge in [0.25, 0.3) is 0 Å². The third kappa shape index (κ3) is 4.17. The molecule has 3 nitrogen and oxygen atoms in total. The maximum absolute atomic E-state index is 14.5. The van der Waals surface area contributed by atoms with Gasteiger partial charge in [-0.05, 0) is 48.4 Å². The molecule has 29 heavy (non-hydrogen) atoms. The molecule has 0 bridgehead atoms. The van der Waals surface area contributed by atoms with Gasteiger partial charge >= 0.3 is 0 Å². The first-order chi connectivity index (χ1) is 14.0. The zero-order valence-electron chi connectivity index (χ0n) is 15.4. The molecule has 0 saturated carbocycles. The molecule has 3 aromatic carbocycles. The molecule has 0 amide bonds. The zero-order valence-corrected chi connectivity index (χ0v) is 17.8. The van der Waals surface area contributed by atoms with Crippen LogP contribution < -0.4 is 0 Å². The van der Waals surface area contributed by atoms with E-state index in [0.29, 0.717) is 32.3 Å². The molecule has 0 saturated heterocycles. The first-order valence-corrected chi connectivity index (χ1v) is 10.6. The Morgan fingerprint density at radius 3 is 2.45 bits per heavy atom. The van der Waals surface area contributed by atoms with Crippen LogP contribution >= 0.6 is 35.0 Å². The van der Waals surface area contributed by atoms with E-state index in [-0.39, 0.29) is 5.82 Å². The van der Waals surface area contributed by atoms with Crippen LogP contribution in [0.3, 0.4) is 0 Å². The second-order valence-electron chi connectivity index (χ2n) is 6.45. The van der Waals surface area contributed by atoms with Crippen molar-refractivity contribution in [2.45, 2.75) is 17.8 Å². The summed E-state index contributed by atoms with van der Waals surface area (Å²) in [6.45, 7) is 2.01. The van der Waals surface area contributed by atoms with Crippen LogP contribution in [0.1, 0.15) is 11.1 Å². The van der Waals surface area contributed by atoms with Gasteiger partial charge in [-0.15, -0.1) is 10.2 Å². The minimum absolute atomic E-state index is 0.337. The van der Waals surface area contributed by atoms with Crippen molar-refractivity contribution in [2.75, 3.05) is 0 Å². The Hall–Kier alpha value is -2.34. The molecule has 146 valence electrons. The van der Waals surface area contributed by atoms with Gasteiger partial charge in [-0.25, -0.2) is 4.39 Å². The molecule has 0 aliphatic rings. The number of thioether (sulfide) groups is 1. The van der Waals surface area contributed by atoms with E-state index in [1.807, 2.05) is 47.9 Å². The molecule has 0 fully saturated rings. The lowest BCUT2D eigenvalue weighted by molar-refractivity contribution is 0.629. The number of para-hydroxylation sites is 1. The SMILES string of the molecule is Cc1ccccc1-n1c(SCc2ccc(Cl)c(Cl)c2)nnc1-c1ccccc1F. The Labute approximate surface area is 182 Å². The molecule has 0 aliphatic heterocycles. The summed E-state index contributed by atoms with van der Waals surface area (Å²) >= 11 is 13.6. The van der Waals surface area contributed by atoms with Crippen molar-refractivity contribution in [1.29, 1.82) is 0 Å². The van der Waals surface area contributed by atoms with Gasteiger partial charge in [-0.1, -0.05) is 71.4 Å². The number of aromatic nitrogens is 3. The fourth-order valence-electron chi connectivity index (χ4n) is 2.99. The maximum Gasteiger partial charge on any atom is 0.196 e. The standard InChI is InChI=1S/C22H16Cl2FN3S/c1-14-6-2-5-9-20(14)28-21(16-7-3-4-8-19(16)25)26-27-22(28)29-13-15-10-11-17(23)18(24)12-15/h2-12H,13H2,1H3. The number of nitrogens with zero attached hydrogens (tertiary/aromatic N) is 3. The number of halogens is 3. The normalized spacial score (nSPS) is 11.0. The van der Waals surface area contributed by atoms with E-state index in [9.17, 15) is 4.39 Å². The van der Waals surface area contributed by atoms with E-state index in [1.165, 1.54) is 17.8 Å². The lowest BCUT2D eigenvalue weighted by Gasteiger charge is -2.13. The van der Waals surface area contributed by atoms with Gasteiger partial charge in [0.15, 0.2) is 11.0 Å². The molecule has 0 spiro atoms. The molecule has 0 N–H and O–H groups in total. The van der Waals surface area contributed by atoms with Crippen molar-refractivity contribution < 1.29 is 4.39 Å². The Balaban J connectivity index is 1.77. The summed E-state index contributed by atoms with van der Waals surface area (Å²) in [6.07, 6.45) is 0. The Morgan fingerprint density at radius 2 is 1.69 bits per heavy atom. The third-order valence-electron chi connectivity index (χ3n) is 4.46. The summed E-state index contributed by atoms with van der Waals surface area (Å²) in [5, 5.41) is 10.4. The van der Waals surface area contributed by atoms with Gasteiger partial charge in [-0.3, -0.25) is 4.57 Å². The van der Waals surface area contributed by atoms with Crippen LogP contribution in [0.15, 0.2) is 71.9 Å². The number of aryl methyl sites for hydroxylation is 1. The highest BCUT2D eigenvalue weighted by Gasteiger charge is 2.19. The lowest BCUT2D eigenvalue weighted by Crippen LogP contribution is -2.02. The first kappa shape index (κ1) is 20.0. The minimum Gasteiger partial charge on any atom is -0.270 e. The summed E-state index contributed by atoms with van der Waals surface area (Å²) in [5.74, 6) is 0.753. The zero-order chi connectivity index (χ0) is 20.4. The fourth-order valence-corrected chi connectivity index (χ4v) is 4.20. The molecule has 1 heterocycles. The largest absolute Gasteiger partial charge is 0.270 e. The third-order valence-corrected chi connectivity index (χ3v) is 6.20. The molecule has 1 aromatic heterocycles. The summed E-state index contributed by atoms with van der Waals surface area (Å²) in [4.78, 5) is 0. The number of hydrogen-bond acceptors (Lipinski definition) is 3. The number of rotatable bonds is 5.